The minimum Gasteiger partial charge on any atom is -0.263 e. The monoisotopic (exact) mass is 209 g/mol. The molecule has 1 heterocycles. The summed E-state index contributed by atoms with van der Waals surface area (Å²) in [6.07, 6.45) is 10.4. The molecule has 2 rings (SSSR count). The second-order valence-corrected chi connectivity index (χ2v) is 3.48. The number of hydrogen-bond acceptors (Lipinski definition) is 1. The third-order valence-corrected chi connectivity index (χ3v) is 2.58. The molecule has 0 unspecified atom stereocenters. The van der Waals surface area contributed by atoms with Crippen molar-refractivity contribution in [2.24, 2.45) is 0 Å². The van der Waals surface area contributed by atoms with Gasteiger partial charge in [0.1, 0.15) is 0 Å². The summed E-state index contributed by atoms with van der Waals surface area (Å²) in [6, 6.07) is 0. The van der Waals surface area contributed by atoms with Gasteiger partial charge in [0.05, 0.1) is 0 Å². The molecule has 1 aromatic heterocycles. The predicted octanol–water partition coefficient (Wildman–Crippen LogP) is 2.80. The van der Waals surface area contributed by atoms with Gasteiger partial charge < -0.3 is 0 Å². The van der Waals surface area contributed by atoms with Crippen molar-refractivity contribution in [1.82, 2.24) is 4.98 Å². The molecule has 0 spiro atoms. The zero-order chi connectivity index (χ0) is 7.68. The fourth-order valence-corrected chi connectivity index (χ4v) is 1.87. The molecule has 0 aromatic carbocycles. The summed E-state index contributed by atoms with van der Waals surface area (Å²) in [5.74, 6) is 0. The van der Waals surface area contributed by atoms with E-state index >= 15 is 0 Å². The third-order valence-electron chi connectivity index (χ3n) is 1.90. The largest absolute Gasteiger partial charge is 0.263 e. The molecule has 0 atom stereocenters. The molecule has 1 nitrogen and oxygen atoms in total. The first-order valence-corrected chi connectivity index (χ1v) is 4.46. The van der Waals surface area contributed by atoms with Crippen LogP contribution >= 0.6 is 15.9 Å². The molecule has 0 amide bonds. The van der Waals surface area contributed by atoms with Crippen molar-refractivity contribution in [3.05, 3.63) is 34.1 Å². The first-order valence-electron chi connectivity index (χ1n) is 3.67. The first kappa shape index (κ1) is 7.04. The summed E-state index contributed by atoms with van der Waals surface area (Å²) >= 11 is 3.49. The van der Waals surface area contributed by atoms with Crippen molar-refractivity contribution >= 4 is 22.0 Å². The van der Waals surface area contributed by atoms with Gasteiger partial charge >= 0.3 is 0 Å². The Morgan fingerprint density at radius 2 is 2.27 bits per heavy atom. The van der Waals surface area contributed by atoms with Gasteiger partial charge in [-0.25, -0.2) is 0 Å². The fraction of sp³-hybridized carbons (Fsp3) is 0.222. The number of hydrogen-bond donors (Lipinski definition) is 0. The van der Waals surface area contributed by atoms with E-state index in [4.69, 9.17) is 0 Å². The topological polar surface area (TPSA) is 12.9 Å². The Morgan fingerprint density at radius 3 is 3.09 bits per heavy atom. The lowest BCUT2D eigenvalue weighted by molar-refractivity contribution is 0.968. The summed E-state index contributed by atoms with van der Waals surface area (Å²) in [5, 5.41) is 0. The lowest BCUT2D eigenvalue weighted by Crippen LogP contribution is -1.95. The fourth-order valence-electron chi connectivity index (χ4n) is 1.32. The second kappa shape index (κ2) is 2.78. The lowest BCUT2D eigenvalue weighted by Gasteiger charge is -2.10. The van der Waals surface area contributed by atoms with Gasteiger partial charge in [0, 0.05) is 16.9 Å². The Bertz CT molecular complexity index is 304. The number of aromatic nitrogens is 1. The highest BCUT2D eigenvalue weighted by atomic mass is 79.9. The van der Waals surface area contributed by atoms with Gasteiger partial charge in [-0.1, -0.05) is 12.2 Å². The number of pyridine rings is 1. The van der Waals surface area contributed by atoms with Crippen LogP contribution in [0.25, 0.3) is 6.08 Å². The maximum atomic E-state index is 4.10. The number of halogens is 1. The number of allylic oxidation sites excluding steroid dienone is 1. The Labute approximate surface area is 74.3 Å². The summed E-state index contributed by atoms with van der Waals surface area (Å²) in [5.41, 5.74) is 2.65. The quantitative estimate of drug-likeness (QED) is 0.641. The van der Waals surface area contributed by atoms with Crippen molar-refractivity contribution in [2.75, 3.05) is 0 Å². The lowest BCUT2D eigenvalue weighted by atomic mass is 10.0. The van der Waals surface area contributed by atoms with Crippen LogP contribution in [0, 0.1) is 0 Å². The van der Waals surface area contributed by atoms with Crippen LogP contribution in [-0.2, 0) is 6.42 Å². The molecule has 11 heavy (non-hydrogen) atoms. The highest BCUT2D eigenvalue weighted by Crippen LogP contribution is 2.25. The van der Waals surface area contributed by atoms with Crippen molar-refractivity contribution in [3.8, 4) is 0 Å². The van der Waals surface area contributed by atoms with E-state index in [0.29, 0.717) is 0 Å². The third kappa shape index (κ3) is 1.23. The Kier molecular flexibility index (Phi) is 1.78. The maximum Gasteiger partial charge on any atom is 0.0413 e. The molecule has 56 valence electrons. The molecule has 0 bridgehead atoms. The van der Waals surface area contributed by atoms with Crippen molar-refractivity contribution in [1.29, 1.82) is 0 Å². The van der Waals surface area contributed by atoms with Crippen LogP contribution < -0.4 is 0 Å². The average Bonchev–Trinajstić information content (AvgIpc) is 2.06. The van der Waals surface area contributed by atoms with Gasteiger partial charge in [-0.05, 0) is 39.9 Å². The summed E-state index contributed by atoms with van der Waals surface area (Å²) in [4.78, 5) is 4.10. The average molecular weight is 210 g/mol. The zero-order valence-electron chi connectivity index (χ0n) is 6.05. The second-order valence-electron chi connectivity index (χ2n) is 2.63. The van der Waals surface area contributed by atoms with E-state index < -0.39 is 0 Å². The number of rotatable bonds is 0. The standard InChI is InChI=1S/C9H8BrN/c10-9-6-11-5-7-3-1-2-4-8(7)9/h1,3,5-6H,2,4H2. The SMILES string of the molecule is Brc1cncc2c1CCC=C2. The highest BCUT2D eigenvalue weighted by Gasteiger charge is 2.06. The van der Waals surface area contributed by atoms with Gasteiger partial charge in [-0.3, -0.25) is 4.98 Å². The molecule has 1 aliphatic carbocycles. The van der Waals surface area contributed by atoms with Gasteiger partial charge in [0.2, 0.25) is 0 Å². The molecular formula is C9H8BrN. The number of fused-ring (bicyclic) bond motifs is 1. The summed E-state index contributed by atoms with van der Waals surface area (Å²) in [6.45, 7) is 0. The molecule has 2 heteroatoms. The van der Waals surface area contributed by atoms with Crippen LogP contribution in [0.3, 0.4) is 0 Å². The van der Waals surface area contributed by atoms with Gasteiger partial charge in [0.25, 0.3) is 0 Å². The van der Waals surface area contributed by atoms with Crippen molar-refractivity contribution < 1.29 is 0 Å². The van der Waals surface area contributed by atoms with Crippen LogP contribution in [0.1, 0.15) is 17.5 Å². The van der Waals surface area contributed by atoms with E-state index in [9.17, 15) is 0 Å². The Morgan fingerprint density at radius 1 is 1.36 bits per heavy atom. The van der Waals surface area contributed by atoms with E-state index in [1.54, 1.807) is 0 Å². The molecule has 0 radical (unpaired) electrons. The minimum atomic E-state index is 1.13. The Balaban J connectivity index is 2.60. The molecule has 0 aliphatic heterocycles. The smallest absolute Gasteiger partial charge is 0.0413 e. The summed E-state index contributed by atoms with van der Waals surface area (Å²) < 4.78 is 1.14. The zero-order valence-corrected chi connectivity index (χ0v) is 7.63. The molecule has 0 saturated carbocycles. The highest BCUT2D eigenvalue weighted by molar-refractivity contribution is 9.10. The van der Waals surface area contributed by atoms with Gasteiger partial charge in [-0.15, -0.1) is 0 Å². The number of nitrogens with zero attached hydrogens (tertiary/aromatic N) is 1. The normalized spacial score (nSPS) is 14.6. The van der Waals surface area contributed by atoms with E-state index in [1.165, 1.54) is 11.1 Å². The summed E-state index contributed by atoms with van der Waals surface area (Å²) in [7, 11) is 0. The van der Waals surface area contributed by atoms with Crippen LogP contribution in [0.2, 0.25) is 0 Å². The van der Waals surface area contributed by atoms with Crippen LogP contribution in [0.5, 0.6) is 0 Å². The molecule has 1 aliphatic rings. The van der Waals surface area contributed by atoms with E-state index in [1.807, 2.05) is 12.4 Å². The van der Waals surface area contributed by atoms with Gasteiger partial charge in [0.15, 0.2) is 0 Å². The van der Waals surface area contributed by atoms with Crippen LogP contribution in [-0.4, -0.2) is 4.98 Å². The maximum absolute atomic E-state index is 4.10. The minimum absolute atomic E-state index is 1.13. The van der Waals surface area contributed by atoms with Crippen molar-refractivity contribution in [3.63, 3.8) is 0 Å². The van der Waals surface area contributed by atoms with E-state index in [-0.39, 0.29) is 0 Å². The Hall–Kier alpha value is -0.630. The van der Waals surface area contributed by atoms with Crippen molar-refractivity contribution in [2.45, 2.75) is 12.8 Å². The molecule has 1 aromatic rings. The van der Waals surface area contributed by atoms with Gasteiger partial charge in [-0.2, -0.15) is 0 Å². The molecule has 0 saturated heterocycles. The molecular weight excluding hydrogens is 202 g/mol. The van der Waals surface area contributed by atoms with Crippen LogP contribution in [0.15, 0.2) is 22.9 Å². The molecule has 0 N–H and O–H groups in total. The van der Waals surface area contributed by atoms with E-state index in [2.05, 4.69) is 33.1 Å². The first-order chi connectivity index (χ1) is 5.38. The molecule has 0 fully saturated rings. The predicted molar refractivity (Wildman–Crippen MR) is 49.3 cm³/mol. The van der Waals surface area contributed by atoms with Crippen LogP contribution in [0.4, 0.5) is 0 Å². The van der Waals surface area contributed by atoms with E-state index in [0.717, 1.165) is 17.3 Å².